The fourth-order valence-electron chi connectivity index (χ4n) is 4.35. The minimum Gasteiger partial charge on any atom is -0.377 e. The summed E-state index contributed by atoms with van der Waals surface area (Å²) in [5, 5.41) is 12.8. The fraction of sp³-hybridized carbons (Fsp3) is 0.400. The Morgan fingerprint density at radius 3 is 2.65 bits per heavy atom. The van der Waals surface area contributed by atoms with Gasteiger partial charge in [-0.3, -0.25) is 4.79 Å². The number of carbonyl (C=O) groups excluding carboxylic acids is 1. The molecule has 3 N–H and O–H groups in total. The molecule has 3 heterocycles. The van der Waals surface area contributed by atoms with E-state index >= 15 is 0 Å². The number of hydrogen-bond donors (Lipinski definition) is 3. The molecule has 2 fully saturated rings. The maximum Gasteiger partial charge on any atom is 0.238 e. The molecule has 3 aromatic rings. The van der Waals surface area contributed by atoms with Crippen molar-refractivity contribution in [2.45, 2.75) is 55.7 Å². The summed E-state index contributed by atoms with van der Waals surface area (Å²) < 4.78 is 7.87. The van der Waals surface area contributed by atoms with Crippen molar-refractivity contribution in [2.75, 3.05) is 12.4 Å². The van der Waals surface area contributed by atoms with Crippen LogP contribution in [0.1, 0.15) is 42.3 Å². The summed E-state index contributed by atoms with van der Waals surface area (Å²) >= 11 is 1.67. The van der Waals surface area contributed by atoms with Crippen molar-refractivity contribution in [1.29, 1.82) is 0 Å². The van der Waals surface area contributed by atoms with E-state index in [-0.39, 0.29) is 24.1 Å². The molecular weight excluding hydrogens is 448 g/mol. The number of hydrazine groups is 1. The quantitative estimate of drug-likeness (QED) is 0.407. The summed E-state index contributed by atoms with van der Waals surface area (Å²) in [6.07, 6.45) is 3.17. The molecule has 3 atom stereocenters. The number of benzene rings is 2. The minimum absolute atomic E-state index is 0.0475. The lowest BCUT2D eigenvalue weighted by Gasteiger charge is -2.14. The van der Waals surface area contributed by atoms with E-state index in [0.717, 1.165) is 36.2 Å². The molecule has 0 bridgehead atoms. The van der Waals surface area contributed by atoms with Crippen molar-refractivity contribution in [1.82, 2.24) is 30.9 Å². The van der Waals surface area contributed by atoms with Gasteiger partial charge in [0.1, 0.15) is 6.04 Å². The van der Waals surface area contributed by atoms with E-state index in [1.165, 1.54) is 11.1 Å². The van der Waals surface area contributed by atoms with Crippen molar-refractivity contribution in [3.05, 3.63) is 77.6 Å². The van der Waals surface area contributed by atoms with Crippen molar-refractivity contribution >= 4 is 17.7 Å². The van der Waals surface area contributed by atoms with E-state index in [9.17, 15) is 4.79 Å². The lowest BCUT2D eigenvalue weighted by molar-refractivity contribution is -0.123. The van der Waals surface area contributed by atoms with Gasteiger partial charge in [-0.05, 0) is 30.4 Å². The van der Waals surface area contributed by atoms with E-state index in [1.54, 1.807) is 11.8 Å². The van der Waals surface area contributed by atoms with Crippen LogP contribution in [0.3, 0.4) is 0 Å². The highest BCUT2D eigenvalue weighted by Crippen LogP contribution is 2.25. The van der Waals surface area contributed by atoms with E-state index < -0.39 is 0 Å². The van der Waals surface area contributed by atoms with Gasteiger partial charge in [0.15, 0.2) is 11.0 Å². The average Bonchev–Trinajstić information content (AvgIpc) is 3.64. The molecule has 1 amide bonds. The highest BCUT2D eigenvalue weighted by Gasteiger charge is 2.30. The van der Waals surface area contributed by atoms with Gasteiger partial charge in [-0.1, -0.05) is 72.4 Å². The van der Waals surface area contributed by atoms with E-state index in [4.69, 9.17) is 4.74 Å². The predicted octanol–water partition coefficient (Wildman–Crippen LogP) is 2.82. The Labute approximate surface area is 203 Å². The third-order valence-corrected chi connectivity index (χ3v) is 7.34. The van der Waals surface area contributed by atoms with Crippen LogP contribution >= 0.6 is 11.8 Å². The number of thioether (sulfide) groups is 1. The van der Waals surface area contributed by atoms with Crippen molar-refractivity contribution in [3.8, 4) is 0 Å². The van der Waals surface area contributed by atoms with Gasteiger partial charge in [0, 0.05) is 18.4 Å². The first-order valence-electron chi connectivity index (χ1n) is 11.8. The molecule has 0 aliphatic carbocycles. The minimum atomic E-state index is -0.302. The summed E-state index contributed by atoms with van der Waals surface area (Å²) in [6, 6.07) is 20.2. The molecule has 1 aromatic heterocycles. The zero-order chi connectivity index (χ0) is 23.2. The summed E-state index contributed by atoms with van der Waals surface area (Å²) in [6.45, 7) is 1.83. The molecule has 178 valence electrons. The summed E-state index contributed by atoms with van der Waals surface area (Å²) in [5.41, 5.74) is 8.70. The van der Waals surface area contributed by atoms with Crippen LogP contribution in [-0.4, -0.2) is 45.2 Å². The Bertz CT molecular complexity index is 1070. The molecule has 9 heteroatoms. The Morgan fingerprint density at radius 1 is 1.09 bits per heavy atom. The normalized spacial score (nSPS) is 22.2. The van der Waals surface area contributed by atoms with Crippen molar-refractivity contribution in [2.24, 2.45) is 0 Å². The number of rotatable bonds is 9. The maximum absolute atomic E-state index is 12.9. The average molecular weight is 479 g/mol. The van der Waals surface area contributed by atoms with Gasteiger partial charge >= 0.3 is 0 Å². The van der Waals surface area contributed by atoms with Crippen LogP contribution in [0.2, 0.25) is 0 Å². The number of ether oxygens (including phenoxy) is 1. The van der Waals surface area contributed by atoms with E-state index in [0.29, 0.717) is 19.5 Å². The number of aromatic nitrogens is 3. The number of nitrogens with one attached hydrogen (secondary N) is 3. The highest BCUT2D eigenvalue weighted by atomic mass is 32.2. The Morgan fingerprint density at radius 2 is 1.88 bits per heavy atom. The zero-order valence-electron chi connectivity index (χ0n) is 19.0. The number of nitrogens with zero attached hydrogens (tertiary/aromatic N) is 3. The predicted molar refractivity (Wildman–Crippen MR) is 131 cm³/mol. The monoisotopic (exact) mass is 478 g/mol. The standard InChI is InChI=1S/C25H30N6O2S/c32-24(22-14-21(27-28-22)19-10-5-2-6-11-19)26-15-23-29-30-25(34-17-20-12-7-13-33-20)31(23)16-18-8-3-1-4-9-18/h1-6,8-11,20-22,27-28H,7,12-17H2,(H,26,32). The first-order chi connectivity index (χ1) is 16.8. The molecule has 2 aromatic carbocycles. The van der Waals surface area contributed by atoms with Crippen LogP contribution in [-0.2, 0) is 22.6 Å². The lowest BCUT2D eigenvalue weighted by Crippen LogP contribution is -2.43. The topological polar surface area (TPSA) is 93.1 Å². The van der Waals surface area contributed by atoms with Gasteiger partial charge in [-0.2, -0.15) is 0 Å². The van der Waals surface area contributed by atoms with Crippen LogP contribution in [0.4, 0.5) is 0 Å². The van der Waals surface area contributed by atoms with Crippen molar-refractivity contribution in [3.63, 3.8) is 0 Å². The second-order valence-corrected chi connectivity index (χ2v) is 9.66. The van der Waals surface area contributed by atoms with E-state index in [1.807, 2.05) is 36.4 Å². The van der Waals surface area contributed by atoms with Gasteiger partial charge in [0.25, 0.3) is 0 Å². The Hall–Kier alpha value is -2.72. The Kier molecular flexibility index (Phi) is 7.55. The van der Waals surface area contributed by atoms with Crippen LogP contribution in [0.25, 0.3) is 0 Å². The molecule has 2 saturated heterocycles. The first-order valence-corrected chi connectivity index (χ1v) is 12.8. The van der Waals surface area contributed by atoms with Crippen molar-refractivity contribution < 1.29 is 9.53 Å². The first kappa shape index (κ1) is 23.0. The molecule has 0 saturated carbocycles. The summed E-state index contributed by atoms with van der Waals surface area (Å²) in [5.74, 6) is 1.56. The lowest BCUT2D eigenvalue weighted by atomic mass is 10.0. The van der Waals surface area contributed by atoms with Crippen LogP contribution < -0.4 is 16.2 Å². The third kappa shape index (κ3) is 5.67. The SMILES string of the molecule is O=C(NCc1nnc(SCC2CCCO2)n1Cc1ccccc1)C1CC(c2ccccc2)NN1. The fourth-order valence-corrected chi connectivity index (χ4v) is 5.37. The largest absolute Gasteiger partial charge is 0.377 e. The smallest absolute Gasteiger partial charge is 0.238 e. The van der Waals surface area contributed by atoms with Gasteiger partial charge < -0.3 is 14.6 Å². The van der Waals surface area contributed by atoms with E-state index in [2.05, 4.69) is 55.2 Å². The highest BCUT2D eigenvalue weighted by molar-refractivity contribution is 7.99. The second-order valence-electron chi connectivity index (χ2n) is 8.67. The second kappa shape index (κ2) is 11.1. The van der Waals surface area contributed by atoms with Crippen LogP contribution in [0.5, 0.6) is 0 Å². The van der Waals surface area contributed by atoms with Gasteiger partial charge in [0.2, 0.25) is 5.91 Å². The molecule has 34 heavy (non-hydrogen) atoms. The molecule has 8 nitrogen and oxygen atoms in total. The van der Waals surface area contributed by atoms with Gasteiger partial charge in [-0.25, -0.2) is 10.9 Å². The molecule has 0 radical (unpaired) electrons. The molecule has 0 spiro atoms. The molecule has 2 aliphatic rings. The number of amides is 1. The van der Waals surface area contributed by atoms with Gasteiger partial charge in [-0.15, -0.1) is 10.2 Å². The maximum atomic E-state index is 12.9. The molecule has 5 rings (SSSR count). The molecule has 2 aliphatic heterocycles. The summed E-state index contributed by atoms with van der Waals surface area (Å²) in [4.78, 5) is 12.9. The molecule has 3 unspecified atom stereocenters. The number of hydrogen-bond acceptors (Lipinski definition) is 7. The Balaban J connectivity index is 1.23. The van der Waals surface area contributed by atoms with Gasteiger partial charge in [0.05, 0.1) is 19.2 Å². The number of carbonyl (C=O) groups is 1. The molecular formula is C25H30N6O2S. The zero-order valence-corrected chi connectivity index (χ0v) is 19.8. The van der Waals surface area contributed by atoms with Crippen LogP contribution in [0.15, 0.2) is 65.8 Å². The summed E-state index contributed by atoms with van der Waals surface area (Å²) in [7, 11) is 0. The van der Waals surface area contributed by atoms with Crippen LogP contribution in [0, 0.1) is 0 Å². The third-order valence-electron chi connectivity index (χ3n) is 6.24.